The van der Waals surface area contributed by atoms with E-state index in [4.69, 9.17) is 5.73 Å². The summed E-state index contributed by atoms with van der Waals surface area (Å²) in [5.41, 5.74) is 7.97. The smallest absolute Gasteiger partial charge is 0.243 e. The molecule has 156 valence electrons. The van der Waals surface area contributed by atoms with Crippen molar-refractivity contribution in [2.45, 2.75) is 25.2 Å². The molecule has 8 nitrogen and oxygen atoms in total. The number of carbonyl (C=O) groups is 3. The van der Waals surface area contributed by atoms with E-state index < -0.39 is 11.3 Å². The topological polar surface area (TPSA) is 110 Å². The van der Waals surface area contributed by atoms with Gasteiger partial charge in [-0.3, -0.25) is 14.4 Å². The predicted octanol–water partition coefficient (Wildman–Crippen LogP) is 1.89. The fraction of sp³-hybridized carbons (Fsp3) is 0.217. The number of benzene rings is 2. The summed E-state index contributed by atoms with van der Waals surface area (Å²) in [6.45, 7) is 1.82. The van der Waals surface area contributed by atoms with Gasteiger partial charge >= 0.3 is 0 Å². The number of hydrogen-bond acceptors (Lipinski definition) is 4. The summed E-state index contributed by atoms with van der Waals surface area (Å²) in [7, 11) is 0. The van der Waals surface area contributed by atoms with Crippen molar-refractivity contribution in [1.82, 2.24) is 9.78 Å². The van der Waals surface area contributed by atoms with Crippen LogP contribution in [0.2, 0.25) is 0 Å². The second kappa shape index (κ2) is 6.80. The largest absolute Gasteiger partial charge is 0.368 e. The number of nitrogens with one attached hydrogen (secondary N) is 1. The lowest BCUT2D eigenvalue weighted by Crippen LogP contribution is -2.48. The number of nitrogens with zero attached hydrogens (tertiary/aromatic N) is 3. The molecule has 31 heavy (non-hydrogen) atoms. The van der Waals surface area contributed by atoms with Gasteiger partial charge in [0, 0.05) is 17.7 Å². The summed E-state index contributed by atoms with van der Waals surface area (Å²) < 4.78 is 1.65. The molecule has 3 amide bonds. The van der Waals surface area contributed by atoms with Gasteiger partial charge in [0.05, 0.1) is 11.9 Å². The first-order valence-electron chi connectivity index (χ1n) is 10.1. The highest BCUT2D eigenvalue weighted by Gasteiger charge is 2.57. The van der Waals surface area contributed by atoms with E-state index >= 15 is 0 Å². The van der Waals surface area contributed by atoms with Crippen molar-refractivity contribution >= 4 is 29.2 Å². The molecule has 0 saturated carbocycles. The summed E-state index contributed by atoms with van der Waals surface area (Å²) in [5.74, 6) is -0.781. The Hall–Kier alpha value is -3.94. The van der Waals surface area contributed by atoms with Gasteiger partial charge in [0.15, 0.2) is 0 Å². The number of anilines is 2. The van der Waals surface area contributed by atoms with Crippen LogP contribution in [0.25, 0.3) is 5.69 Å². The summed E-state index contributed by atoms with van der Waals surface area (Å²) in [4.78, 5) is 39.6. The van der Waals surface area contributed by atoms with Crippen LogP contribution < -0.4 is 16.0 Å². The fourth-order valence-corrected chi connectivity index (χ4v) is 4.67. The third kappa shape index (κ3) is 2.68. The Balaban J connectivity index is 1.73. The van der Waals surface area contributed by atoms with Crippen LogP contribution in [-0.4, -0.2) is 34.0 Å². The van der Waals surface area contributed by atoms with Crippen molar-refractivity contribution in [3.8, 4) is 5.69 Å². The van der Waals surface area contributed by atoms with Crippen LogP contribution in [0.4, 0.5) is 11.5 Å². The highest BCUT2D eigenvalue weighted by Crippen LogP contribution is 2.52. The molecule has 1 atom stereocenters. The first kappa shape index (κ1) is 19.0. The third-order valence-electron chi connectivity index (χ3n) is 6.05. The van der Waals surface area contributed by atoms with Crippen molar-refractivity contribution in [3.63, 3.8) is 0 Å². The van der Waals surface area contributed by atoms with Gasteiger partial charge in [0.25, 0.3) is 0 Å². The number of primary amides is 1. The van der Waals surface area contributed by atoms with E-state index in [1.807, 2.05) is 36.4 Å². The molecular weight excluding hydrogens is 394 g/mol. The lowest BCUT2D eigenvalue weighted by Gasteiger charge is -2.32. The van der Waals surface area contributed by atoms with Gasteiger partial charge in [-0.2, -0.15) is 5.10 Å². The SMILES string of the molecule is CCc1cccc(-n2ncc3c2NC(=O)C[C@]32C(=O)N(CC(N)=O)c3ccccc32)c1. The van der Waals surface area contributed by atoms with Crippen LogP contribution in [0.5, 0.6) is 0 Å². The number of para-hydroxylation sites is 1. The molecule has 2 aliphatic heterocycles. The lowest BCUT2D eigenvalue weighted by atomic mass is 9.72. The second-order valence-electron chi connectivity index (χ2n) is 7.85. The van der Waals surface area contributed by atoms with Gasteiger partial charge < -0.3 is 16.0 Å². The van der Waals surface area contributed by atoms with Gasteiger partial charge in [-0.05, 0) is 35.7 Å². The van der Waals surface area contributed by atoms with Crippen molar-refractivity contribution < 1.29 is 14.4 Å². The third-order valence-corrected chi connectivity index (χ3v) is 6.05. The Kier molecular flexibility index (Phi) is 4.18. The van der Waals surface area contributed by atoms with Crippen molar-refractivity contribution in [2.75, 3.05) is 16.8 Å². The van der Waals surface area contributed by atoms with Crippen molar-refractivity contribution in [2.24, 2.45) is 5.73 Å². The highest BCUT2D eigenvalue weighted by atomic mass is 16.2. The first-order chi connectivity index (χ1) is 15.0. The zero-order valence-corrected chi connectivity index (χ0v) is 17.0. The van der Waals surface area contributed by atoms with Crippen LogP contribution in [0.3, 0.4) is 0 Å². The Morgan fingerprint density at radius 1 is 1.16 bits per heavy atom. The minimum Gasteiger partial charge on any atom is -0.368 e. The molecule has 0 unspecified atom stereocenters. The predicted molar refractivity (Wildman–Crippen MR) is 115 cm³/mol. The Labute approximate surface area is 178 Å². The van der Waals surface area contributed by atoms with Crippen LogP contribution >= 0.6 is 0 Å². The molecule has 2 aromatic carbocycles. The van der Waals surface area contributed by atoms with Gasteiger partial charge in [-0.15, -0.1) is 0 Å². The maximum absolute atomic E-state index is 13.7. The van der Waals surface area contributed by atoms with E-state index in [-0.39, 0.29) is 24.8 Å². The molecule has 0 bridgehead atoms. The lowest BCUT2D eigenvalue weighted by molar-refractivity contribution is -0.127. The van der Waals surface area contributed by atoms with Crippen LogP contribution in [0, 0.1) is 0 Å². The molecule has 1 aromatic heterocycles. The maximum Gasteiger partial charge on any atom is 0.243 e. The van der Waals surface area contributed by atoms with E-state index in [0.717, 1.165) is 17.7 Å². The number of fused-ring (bicyclic) bond motifs is 4. The van der Waals surface area contributed by atoms with Gasteiger partial charge in [-0.25, -0.2) is 4.68 Å². The highest BCUT2D eigenvalue weighted by molar-refractivity contribution is 6.17. The normalized spacial score (nSPS) is 19.3. The molecule has 8 heteroatoms. The summed E-state index contributed by atoms with van der Waals surface area (Å²) >= 11 is 0. The van der Waals surface area contributed by atoms with Crippen LogP contribution in [0.1, 0.15) is 30.0 Å². The molecule has 5 rings (SSSR count). The number of aromatic nitrogens is 2. The average molecular weight is 415 g/mol. The van der Waals surface area contributed by atoms with Crippen LogP contribution in [-0.2, 0) is 26.2 Å². The Bertz CT molecular complexity index is 1250. The number of hydrogen-bond donors (Lipinski definition) is 2. The zero-order valence-electron chi connectivity index (χ0n) is 17.0. The number of amides is 3. The fourth-order valence-electron chi connectivity index (χ4n) is 4.67. The van der Waals surface area contributed by atoms with E-state index in [9.17, 15) is 14.4 Å². The molecule has 1 spiro atoms. The number of nitrogens with two attached hydrogens (primary N) is 1. The van der Waals surface area contributed by atoms with E-state index in [1.165, 1.54) is 4.90 Å². The summed E-state index contributed by atoms with van der Waals surface area (Å²) in [6, 6.07) is 15.1. The number of carbonyl (C=O) groups excluding carboxylic acids is 3. The minimum absolute atomic E-state index is 0.0637. The van der Waals surface area contributed by atoms with E-state index in [1.54, 1.807) is 23.0 Å². The average Bonchev–Trinajstić information content (AvgIpc) is 3.28. The van der Waals surface area contributed by atoms with Gasteiger partial charge in [-0.1, -0.05) is 37.3 Å². The van der Waals surface area contributed by atoms with Gasteiger partial charge in [0.2, 0.25) is 17.7 Å². The molecule has 0 radical (unpaired) electrons. The Morgan fingerprint density at radius 3 is 2.74 bits per heavy atom. The molecule has 2 aliphatic rings. The van der Waals surface area contributed by atoms with Crippen molar-refractivity contribution in [3.05, 3.63) is 71.4 Å². The van der Waals surface area contributed by atoms with Crippen LogP contribution in [0.15, 0.2) is 54.7 Å². The Morgan fingerprint density at radius 2 is 1.97 bits per heavy atom. The second-order valence-corrected chi connectivity index (χ2v) is 7.85. The molecule has 3 heterocycles. The molecule has 0 aliphatic carbocycles. The quantitative estimate of drug-likeness (QED) is 0.678. The molecule has 0 saturated heterocycles. The minimum atomic E-state index is -1.25. The zero-order chi connectivity index (χ0) is 21.8. The number of aryl methyl sites for hydroxylation is 1. The maximum atomic E-state index is 13.7. The summed E-state index contributed by atoms with van der Waals surface area (Å²) in [5, 5.41) is 7.43. The summed E-state index contributed by atoms with van der Waals surface area (Å²) in [6.07, 6.45) is 2.43. The van der Waals surface area contributed by atoms with E-state index in [0.29, 0.717) is 22.6 Å². The van der Waals surface area contributed by atoms with Gasteiger partial charge in [0.1, 0.15) is 17.8 Å². The van der Waals surface area contributed by atoms with E-state index in [2.05, 4.69) is 17.3 Å². The standard InChI is InChI=1S/C23H21N5O3/c1-2-14-6-5-7-15(10-14)28-21-17(12-25-28)23(11-20(30)26-21)16-8-3-4-9-18(16)27(22(23)31)13-19(24)29/h3-10,12H,2,11,13H2,1H3,(H2,24,29)(H,26,30)/t23-/m1/s1. The first-order valence-corrected chi connectivity index (χ1v) is 10.1. The molecule has 0 fully saturated rings. The molecule has 3 aromatic rings. The van der Waals surface area contributed by atoms with Crippen molar-refractivity contribution in [1.29, 1.82) is 0 Å². The molecular formula is C23H21N5O3. The molecule has 3 N–H and O–H groups in total. The number of rotatable bonds is 4. The monoisotopic (exact) mass is 415 g/mol.